The molecule has 0 aliphatic carbocycles. The molecule has 1 heterocycles. The monoisotopic (exact) mass is 255 g/mol. The number of ether oxygens (including phenoxy) is 1. The number of rotatable bonds is 3. The van der Waals surface area contributed by atoms with Gasteiger partial charge in [0, 0.05) is 0 Å². The molecule has 0 fully saturated rings. The van der Waals surface area contributed by atoms with Gasteiger partial charge in [-0.2, -0.15) is 0 Å². The summed E-state index contributed by atoms with van der Waals surface area (Å²) in [5.74, 6) is 0. The normalized spacial score (nSPS) is 10.4. The lowest BCUT2D eigenvalue weighted by Crippen LogP contribution is -2.13. The van der Waals surface area contributed by atoms with Crippen LogP contribution in [0.4, 0.5) is 0 Å². The fourth-order valence-corrected chi connectivity index (χ4v) is 2.47. The third-order valence-corrected chi connectivity index (χ3v) is 3.60. The molecule has 2 aromatic rings. The molecule has 0 amide bonds. The average Bonchev–Trinajstić information content (AvgIpc) is 2.58. The van der Waals surface area contributed by atoms with Gasteiger partial charge >= 0.3 is 4.87 Å². The molecule has 3 nitrogen and oxygen atoms in total. The van der Waals surface area contributed by atoms with E-state index in [0.29, 0.717) is 16.8 Å². The highest BCUT2D eigenvalue weighted by molar-refractivity contribution is 7.11. The van der Waals surface area contributed by atoms with Gasteiger partial charge in [0.25, 0.3) is 0 Å². The van der Waals surface area contributed by atoms with Crippen LogP contribution in [0.25, 0.3) is 0 Å². The lowest BCUT2D eigenvalue weighted by Gasteiger charge is -2.03. The molecule has 1 aromatic carbocycles. The number of benzene rings is 1. The van der Waals surface area contributed by atoms with Crippen LogP contribution in [-0.4, -0.2) is 11.7 Å². The number of hydrogen-bond acceptors (Lipinski definition) is 3. The van der Waals surface area contributed by atoms with Crippen molar-refractivity contribution in [3.63, 3.8) is 0 Å². The second kappa shape index (κ2) is 4.72. The van der Waals surface area contributed by atoms with E-state index < -0.39 is 0 Å². The van der Waals surface area contributed by atoms with Crippen LogP contribution in [0.2, 0.25) is 5.15 Å². The highest BCUT2D eigenvalue weighted by atomic mass is 35.5. The summed E-state index contributed by atoms with van der Waals surface area (Å²) in [6, 6.07) is 9.69. The molecule has 16 heavy (non-hydrogen) atoms. The molecule has 0 atom stereocenters. The fraction of sp³-hybridized carbons (Fsp3) is 0.182. The van der Waals surface area contributed by atoms with Crippen molar-refractivity contribution in [2.45, 2.75) is 6.54 Å². The maximum Gasteiger partial charge on any atom is 0.312 e. The molecule has 0 bridgehead atoms. The molecule has 0 radical (unpaired) electrons. The van der Waals surface area contributed by atoms with E-state index in [-0.39, 0.29) is 4.87 Å². The first kappa shape index (κ1) is 11.2. The molecule has 5 heteroatoms. The first-order valence-corrected chi connectivity index (χ1v) is 5.89. The van der Waals surface area contributed by atoms with Crippen LogP contribution in [0.15, 0.2) is 35.1 Å². The number of halogens is 1. The highest BCUT2D eigenvalue weighted by Gasteiger charge is 2.13. The van der Waals surface area contributed by atoms with Gasteiger partial charge in [-0.3, -0.25) is 9.36 Å². The van der Waals surface area contributed by atoms with Crippen LogP contribution < -0.4 is 9.61 Å². The van der Waals surface area contributed by atoms with E-state index in [2.05, 4.69) is 0 Å². The van der Waals surface area contributed by atoms with Crippen molar-refractivity contribution in [1.82, 2.24) is 4.57 Å². The molecule has 84 valence electrons. The number of hydrogen-bond donors (Lipinski definition) is 0. The summed E-state index contributed by atoms with van der Waals surface area (Å²) in [5, 5.41) is 0.823. The Labute approximate surface area is 102 Å². The minimum atomic E-state index is -0.106. The zero-order valence-corrected chi connectivity index (χ0v) is 10.2. The van der Waals surface area contributed by atoms with E-state index in [1.807, 2.05) is 30.3 Å². The van der Waals surface area contributed by atoms with Crippen molar-refractivity contribution in [2.24, 2.45) is 0 Å². The number of nitrogens with zero attached hydrogens (tertiary/aromatic N) is 1. The molecule has 0 saturated heterocycles. The van der Waals surface area contributed by atoms with Crippen molar-refractivity contribution in [1.29, 1.82) is 0 Å². The molecule has 0 N–H and O–H groups in total. The molecular formula is C11H10ClNO2S. The third-order valence-electron chi connectivity index (χ3n) is 2.17. The zero-order valence-electron chi connectivity index (χ0n) is 8.64. The van der Waals surface area contributed by atoms with Gasteiger partial charge in [0.2, 0.25) is 5.06 Å². The summed E-state index contributed by atoms with van der Waals surface area (Å²) in [7, 11) is 1.50. The predicted octanol–water partition coefficient (Wildman–Crippen LogP) is 2.62. The molecule has 0 spiro atoms. The van der Waals surface area contributed by atoms with E-state index in [0.717, 1.165) is 16.9 Å². The Morgan fingerprint density at radius 3 is 2.62 bits per heavy atom. The van der Waals surface area contributed by atoms with Crippen LogP contribution in [0.3, 0.4) is 0 Å². The summed E-state index contributed by atoms with van der Waals surface area (Å²) >= 11 is 7.04. The molecular weight excluding hydrogens is 246 g/mol. The Balaban J connectivity index is 2.35. The third kappa shape index (κ3) is 2.13. The van der Waals surface area contributed by atoms with Crippen LogP contribution in [0.5, 0.6) is 5.06 Å². The minimum absolute atomic E-state index is 0.106. The summed E-state index contributed by atoms with van der Waals surface area (Å²) in [6.45, 7) is 0.471. The van der Waals surface area contributed by atoms with Crippen LogP contribution >= 0.6 is 22.9 Å². The van der Waals surface area contributed by atoms with Crippen molar-refractivity contribution in [2.75, 3.05) is 7.11 Å². The Bertz CT molecular complexity index is 533. The number of aromatic nitrogens is 1. The van der Waals surface area contributed by atoms with Crippen molar-refractivity contribution >= 4 is 22.9 Å². The Morgan fingerprint density at radius 1 is 1.38 bits per heavy atom. The Hall–Kier alpha value is -1.26. The lowest BCUT2D eigenvalue weighted by molar-refractivity contribution is 0.424. The largest absolute Gasteiger partial charge is 0.485 e. The van der Waals surface area contributed by atoms with Gasteiger partial charge in [-0.15, -0.1) is 0 Å². The van der Waals surface area contributed by atoms with Gasteiger partial charge < -0.3 is 4.74 Å². The van der Waals surface area contributed by atoms with Crippen molar-refractivity contribution in [3.05, 3.63) is 50.7 Å². The average molecular weight is 256 g/mol. The van der Waals surface area contributed by atoms with Gasteiger partial charge in [0.05, 0.1) is 13.7 Å². The quantitative estimate of drug-likeness (QED) is 0.844. The lowest BCUT2D eigenvalue weighted by atomic mass is 10.2. The van der Waals surface area contributed by atoms with Crippen LogP contribution in [-0.2, 0) is 6.54 Å². The minimum Gasteiger partial charge on any atom is -0.485 e. The summed E-state index contributed by atoms with van der Waals surface area (Å²) < 4.78 is 6.51. The van der Waals surface area contributed by atoms with E-state index >= 15 is 0 Å². The maximum absolute atomic E-state index is 11.6. The summed E-state index contributed by atoms with van der Waals surface area (Å²) in [6.07, 6.45) is 0. The molecule has 0 saturated carbocycles. The molecule has 1 aromatic heterocycles. The first-order valence-electron chi connectivity index (χ1n) is 4.69. The van der Waals surface area contributed by atoms with Crippen LogP contribution in [0.1, 0.15) is 5.56 Å². The zero-order chi connectivity index (χ0) is 11.5. The van der Waals surface area contributed by atoms with Gasteiger partial charge in [-0.05, 0) is 16.9 Å². The second-order valence-electron chi connectivity index (χ2n) is 3.22. The first-order chi connectivity index (χ1) is 7.72. The molecule has 0 unspecified atom stereocenters. The maximum atomic E-state index is 11.6. The predicted molar refractivity (Wildman–Crippen MR) is 65.7 cm³/mol. The van der Waals surface area contributed by atoms with E-state index in [1.165, 1.54) is 11.7 Å². The van der Waals surface area contributed by atoms with Gasteiger partial charge in [-0.25, -0.2) is 0 Å². The molecule has 0 aliphatic heterocycles. The SMILES string of the molecule is COc1sc(=O)n(Cc2ccccc2)c1Cl. The molecule has 0 aliphatic rings. The van der Waals surface area contributed by atoms with Crippen molar-refractivity contribution < 1.29 is 4.74 Å². The Kier molecular flexibility index (Phi) is 3.31. The smallest absolute Gasteiger partial charge is 0.312 e. The van der Waals surface area contributed by atoms with Gasteiger partial charge in [0.1, 0.15) is 0 Å². The molecule has 2 rings (SSSR count). The Morgan fingerprint density at radius 2 is 2.06 bits per heavy atom. The van der Waals surface area contributed by atoms with Crippen molar-refractivity contribution in [3.8, 4) is 5.06 Å². The number of thiazole rings is 1. The van der Waals surface area contributed by atoms with E-state index in [9.17, 15) is 4.79 Å². The second-order valence-corrected chi connectivity index (χ2v) is 4.50. The topological polar surface area (TPSA) is 31.2 Å². The fourth-order valence-electron chi connectivity index (χ4n) is 1.39. The summed E-state index contributed by atoms with van der Waals surface area (Å²) in [4.78, 5) is 11.5. The van der Waals surface area contributed by atoms with Gasteiger partial charge in [0.15, 0.2) is 5.15 Å². The standard InChI is InChI=1S/C11H10ClNO2S/c1-15-10-9(12)13(11(14)16-10)7-8-5-3-2-4-6-8/h2-6H,7H2,1H3. The van der Waals surface area contributed by atoms with Crippen LogP contribution in [0, 0.1) is 0 Å². The highest BCUT2D eigenvalue weighted by Crippen LogP contribution is 2.27. The van der Waals surface area contributed by atoms with Gasteiger partial charge in [-0.1, -0.05) is 41.9 Å². The summed E-state index contributed by atoms with van der Waals surface area (Å²) in [5.41, 5.74) is 1.03. The number of methoxy groups -OCH3 is 1. The van der Waals surface area contributed by atoms with E-state index in [4.69, 9.17) is 16.3 Å². The van der Waals surface area contributed by atoms with E-state index in [1.54, 1.807) is 0 Å².